The van der Waals surface area contributed by atoms with Gasteiger partial charge in [-0.25, -0.2) is 8.42 Å². The molecule has 0 saturated heterocycles. The van der Waals surface area contributed by atoms with E-state index >= 15 is 0 Å². The molecule has 0 amide bonds. The van der Waals surface area contributed by atoms with Gasteiger partial charge in [0.05, 0.1) is 4.90 Å². The van der Waals surface area contributed by atoms with E-state index in [9.17, 15) is 8.42 Å². The molecule has 2 aromatic carbocycles. The largest absolute Gasteiger partial charge is 0.399 e. The predicted molar refractivity (Wildman–Crippen MR) is 75.9 cm³/mol. The Bertz CT molecular complexity index is 654. The van der Waals surface area contributed by atoms with Crippen LogP contribution in [0, 0.1) is 0 Å². The van der Waals surface area contributed by atoms with Crippen LogP contribution in [0.3, 0.4) is 0 Å². The summed E-state index contributed by atoms with van der Waals surface area (Å²) < 4.78 is 25.9. The monoisotopic (exact) mass is 276 g/mol. The second-order valence-corrected chi connectivity index (χ2v) is 6.36. The van der Waals surface area contributed by atoms with Crippen molar-refractivity contribution in [2.24, 2.45) is 0 Å². The molecule has 19 heavy (non-hydrogen) atoms. The zero-order chi connectivity index (χ0) is 13.9. The van der Waals surface area contributed by atoms with E-state index in [0.717, 1.165) is 5.56 Å². The molecule has 0 fully saturated rings. The molecule has 5 heteroatoms. The Morgan fingerprint density at radius 2 is 1.74 bits per heavy atom. The molecule has 2 N–H and O–H groups in total. The molecule has 0 aliphatic carbocycles. The van der Waals surface area contributed by atoms with Gasteiger partial charge in [0, 0.05) is 19.3 Å². The van der Waals surface area contributed by atoms with Crippen molar-refractivity contribution >= 4 is 15.7 Å². The summed E-state index contributed by atoms with van der Waals surface area (Å²) in [4.78, 5) is 0.293. The average Bonchev–Trinajstić information content (AvgIpc) is 2.39. The fourth-order valence-electron chi connectivity index (χ4n) is 1.81. The highest BCUT2D eigenvalue weighted by atomic mass is 32.2. The van der Waals surface area contributed by atoms with E-state index in [2.05, 4.69) is 0 Å². The molecule has 0 aliphatic heterocycles. The van der Waals surface area contributed by atoms with Gasteiger partial charge >= 0.3 is 0 Å². The quantitative estimate of drug-likeness (QED) is 0.870. The summed E-state index contributed by atoms with van der Waals surface area (Å²) in [6.07, 6.45) is 0. The molecule has 0 radical (unpaired) electrons. The third-order valence-electron chi connectivity index (χ3n) is 2.81. The van der Waals surface area contributed by atoms with Crippen molar-refractivity contribution in [3.05, 3.63) is 60.2 Å². The zero-order valence-electron chi connectivity index (χ0n) is 10.7. The molecule has 0 bridgehead atoms. The number of rotatable bonds is 4. The summed E-state index contributed by atoms with van der Waals surface area (Å²) in [5.41, 5.74) is 7.18. The minimum Gasteiger partial charge on any atom is -0.399 e. The molecule has 0 heterocycles. The van der Waals surface area contributed by atoms with Gasteiger partial charge < -0.3 is 5.73 Å². The molecule has 100 valence electrons. The minimum absolute atomic E-state index is 0.293. The Morgan fingerprint density at radius 3 is 2.37 bits per heavy atom. The standard InChI is InChI=1S/C14H16N2O2S/c1-16(11-12-6-5-7-13(15)10-12)19(17,18)14-8-3-2-4-9-14/h2-10H,11,15H2,1H3. The second kappa shape index (κ2) is 5.42. The number of benzene rings is 2. The molecule has 0 saturated carbocycles. The molecular weight excluding hydrogens is 260 g/mol. The van der Waals surface area contributed by atoms with Crippen LogP contribution in [0.25, 0.3) is 0 Å². The SMILES string of the molecule is CN(Cc1cccc(N)c1)S(=O)(=O)c1ccccc1. The van der Waals surface area contributed by atoms with E-state index < -0.39 is 10.0 Å². The Balaban J connectivity index is 2.23. The van der Waals surface area contributed by atoms with Gasteiger partial charge in [-0.3, -0.25) is 0 Å². The molecule has 0 unspecified atom stereocenters. The van der Waals surface area contributed by atoms with Crippen LogP contribution >= 0.6 is 0 Å². The lowest BCUT2D eigenvalue weighted by molar-refractivity contribution is 0.467. The van der Waals surface area contributed by atoms with Crippen molar-refractivity contribution in [3.8, 4) is 0 Å². The summed E-state index contributed by atoms with van der Waals surface area (Å²) in [6.45, 7) is 0.294. The van der Waals surface area contributed by atoms with E-state index in [0.29, 0.717) is 17.1 Å². The van der Waals surface area contributed by atoms with Crippen LogP contribution < -0.4 is 5.73 Å². The first kappa shape index (κ1) is 13.6. The van der Waals surface area contributed by atoms with Gasteiger partial charge in [-0.05, 0) is 29.8 Å². The smallest absolute Gasteiger partial charge is 0.243 e. The zero-order valence-corrected chi connectivity index (χ0v) is 11.5. The van der Waals surface area contributed by atoms with Crippen molar-refractivity contribution in [1.29, 1.82) is 0 Å². The van der Waals surface area contributed by atoms with Gasteiger partial charge in [-0.2, -0.15) is 4.31 Å². The molecule has 2 rings (SSSR count). The first-order chi connectivity index (χ1) is 9.00. The summed E-state index contributed by atoms with van der Waals surface area (Å²) in [7, 11) is -1.90. The highest BCUT2D eigenvalue weighted by Crippen LogP contribution is 2.17. The van der Waals surface area contributed by atoms with Crippen molar-refractivity contribution < 1.29 is 8.42 Å². The lowest BCUT2D eigenvalue weighted by atomic mass is 10.2. The maximum atomic E-state index is 12.3. The maximum Gasteiger partial charge on any atom is 0.243 e. The third-order valence-corrected chi connectivity index (χ3v) is 4.63. The molecule has 0 aromatic heterocycles. The molecule has 0 spiro atoms. The highest BCUT2D eigenvalue weighted by molar-refractivity contribution is 7.89. The summed E-state index contributed by atoms with van der Waals surface area (Å²) >= 11 is 0. The van der Waals surface area contributed by atoms with Gasteiger partial charge in [-0.15, -0.1) is 0 Å². The fraction of sp³-hybridized carbons (Fsp3) is 0.143. The van der Waals surface area contributed by atoms with E-state index in [1.54, 1.807) is 49.5 Å². The van der Waals surface area contributed by atoms with Crippen molar-refractivity contribution in [2.45, 2.75) is 11.4 Å². The number of nitrogens with zero attached hydrogens (tertiary/aromatic N) is 1. The van der Waals surface area contributed by atoms with Gasteiger partial charge in [0.25, 0.3) is 0 Å². The van der Waals surface area contributed by atoms with Crippen LogP contribution in [0.4, 0.5) is 5.69 Å². The van der Waals surface area contributed by atoms with E-state index in [4.69, 9.17) is 5.73 Å². The van der Waals surface area contributed by atoms with E-state index in [1.807, 2.05) is 12.1 Å². The predicted octanol–water partition coefficient (Wildman–Crippen LogP) is 2.09. The summed E-state index contributed by atoms with van der Waals surface area (Å²) in [6, 6.07) is 15.6. The lowest BCUT2D eigenvalue weighted by Crippen LogP contribution is -2.26. The molecule has 0 aliphatic rings. The Labute approximate surface area is 113 Å². The van der Waals surface area contributed by atoms with Crippen LogP contribution in [-0.4, -0.2) is 19.8 Å². The summed E-state index contributed by atoms with van der Waals surface area (Å²) in [5, 5.41) is 0. The molecular formula is C14H16N2O2S. The number of sulfonamides is 1. The molecule has 4 nitrogen and oxygen atoms in total. The van der Waals surface area contributed by atoms with Crippen LogP contribution in [0.15, 0.2) is 59.5 Å². The summed E-state index contributed by atoms with van der Waals surface area (Å²) in [5.74, 6) is 0. The van der Waals surface area contributed by atoms with Crippen LogP contribution in [0.1, 0.15) is 5.56 Å². The fourth-order valence-corrected chi connectivity index (χ4v) is 2.99. The van der Waals surface area contributed by atoms with Crippen molar-refractivity contribution in [2.75, 3.05) is 12.8 Å². The topological polar surface area (TPSA) is 63.4 Å². The van der Waals surface area contributed by atoms with Crippen LogP contribution in [0.2, 0.25) is 0 Å². The second-order valence-electron chi connectivity index (χ2n) is 4.32. The maximum absolute atomic E-state index is 12.3. The van der Waals surface area contributed by atoms with Crippen LogP contribution in [0.5, 0.6) is 0 Å². The Hall–Kier alpha value is -1.85. The third kappa shape index (κ3) is 3.13. The highest BCUT2D eigenvalue weighted by Gasteiger charge is 2.20. The number of nitrogens with two attached hydrogens (primary N) is 1. The number of anilines is 1. The van der Waals surface area contributed by atoms with E-state index in [1.165, 1.54) is 4.31 Å². The normalized spacial score (nSPS) is 11.7. The van der Waals surface area contributed by atoms with Gasteiger partial charge in [0.1, 0.15) is 0 Å². The van der Waals surface area contributed by atoms with Crippen molar-refractivity contribution in [1.82, 2.24) is 4.31 Å². The van der Waals surface area contributed by atoms with Gasteiger partial charge in [-0.1, -0.05) is 30.3 Å². The first-order valence-corrected chi connectivity index (χ1v) is 7.30. The average molecular weight is 276 g/mol. The lowest BCUT2D eigenvalue weighted by Gasteiger charge is -2.17. The van der Waals surface area contributed by atoms with Crippen molar-refractivity contribution in [3.63, 3.8) is 0 Å². The Morgan fingerprint density at radius 1 is 1.05 bits per heavy atom. The van der Waals surface area contributed by atoms with Gasteiger partial charge in [0.2, 0.25) is 10.0 Å². The Kier molecular flexibility index (Phi) is 3.87. The first-order valence-electron chi connectivity index (χ1n) is 5.86. The molecule has 2 aromatic rings. The van der Waals surface area contributed by atoms with Crippen LogP contribution in [-0.2, 0) is 16.6 Å². The van der Waals surface area contributed by atoms with Gasteiger partial charge in [0.15, 0.2) is 0 Å². The minimum atomic E-state index is -3.46. The number of nitrogen functional groups attached to an aromatic ring is 1. The molecule has 0 atom stereocenters. The van der Waals surface area contributed by atoms with E-state index in [-0.39, 0.29) is 0 Å². The number of hydrogen-bond acceptors (Lipinski definition) is 3. The number of hydrogen-bond donors (Lipinski definition) is 1.